The first-order valence-corrected chi connectivity index (χ1v) is 13.2. The molecule has 5 atom stereocenters. The molecule has 1 saturated carbocycles. The van der Waals surface area contributed by atoms with Gasteiger partial charge in [0.1, 0.15) is 5.82 Å². The van der Waals surface area contributed by atoms with Crippen LogP contribution >= 0.6 is 0 Å². The summed E-state index contributed by atoms with van der Waals surface area (Å²) < 4.78 is 48.6. The van der Waals surface area contributed by atoms with Crippen LogP contribution in [-0.2, 0) is 4.74 Å². The zero-order chi connectivity index (χ0) is 27.4. The predicted molar refractivity (Wildman–Crippen MR) is 138 cm³/mol. The molecule has 38 heavy (non-hydrogen) atoms. The molecule has 2 aliphatic heterocycles. The predicted octanol–water partition coefficient (Wildman–Crippen LogP) is 4.52. The maximum atomic E-state index is 14.8. The van der Waals surface area contributed by atoms with Gasteiger partial charge in [0.05, 0.1) is 28.5 Å². The molecule has 2 saturated heterocycles. The van der Waals surface area contributed by atoms with Crippen molar-refractivity contribution in [2.24, 2.45) is 11.8 Å². The average molecular weight is 533 g/mol. The number of ether oxygens (including phenoxy) is 1. The summed E-state index contributed by atoms with van der Waals surface area (Å²) in [7, 11) is 2.07. The smallest absolute Gasteiger partial charge is 0.266 e. The molecule has 1 aromatic heterocycles. The van der Waals surface area contributed by atoms with Crippen molar-refractivity contribution in [3.8, 4) is 0 Å². The number of rotatable bonds is 7. The van der Waals surface area contributed by atoms with E-state index < -0.39 is 35.4 Å². The second-order valence-electron chi connectivity index (χ2n) is 11.6. The summed E-state index contributed by atoms with van der Waals surface area (Å²) in [6, 6.07) is 4.41. The van der Waals surface area contributed by atoms with Crippen molar-refractivity contribution in [3.05, 3.63) is 63.3 Å². The first kappa shape index (κ1) is 26.7. The Morgan fingerprint density at radius 2 is 1.87 bits per heavy atom. The molecule has 3 heterocycles. The SMILES string of the molecule is C[C@@H](NC(=O)c1cn([C@H]2CCOC(C)(C)C2)c(=O)cc1N[C@H]1[C@@H]2CN(C)C[C@@H]21)c1cccc(C(F)F)c1F. The Hall–Kier alpha value is -2.85. The normalized spacial score (nSPS) is 27.2. The largest absolute Gasteiger partial charge is 0.381 e. The maximum absolute atomic E-state index is 14.8. The lowest BCUT2D eigenvalue weighted by Crippen LogP contribution is -2.39. The topological polar surface area (TPSA) is 75.6 Å². The summed E-state index contributed by atoms with van der Waals surface area (Å²) >= 11 is 0. The van der Waals surface area contributed by atoms with Crippen molar-refractivity contribution >= 4 is 11.6 Å². The van der Waals surface area contributed by atoms with Crippen LogP contribution in [0.4, 0.5) is 18.9 Å². The number of aromatic nitrogens is 1. The van der Waals surface area contributed by atoms with Crippen LogP contribution in [-0.4, -0.2) is 53.8 Å². The van der Waals surface area contributed by atoms with Crippen LogP contribution in [0, 0.1) is 17.7 Å². The van der Waals surface area contributed by atoms with Gasteiger partial charge in [0.2, 0.25) is 0 Å². The Labute approximate surface area is 220 Å². The van der Waals surface area contributed by atoms with Crippen molar-refractivity contribution in [1.82, 2.24) is 14.8 Å². The van der Waals surface area contributed by atoms with Gasteiger partial charge in [0.15, 0.2) is 0 Å². The number of fused-ring (bicyclic) bond motifs is 1. The van der Waals surface area contributed by atoms with Crippen molar-refractivity contribution in [2.45, 2.75) is 63.8 Å². The monoisotopic (exact) mass is 532 g/mol. The van der Waals surface area contributed by atoms with Gasteiger partial charge >= 0.3 is 0 Å². The van der Waals surface area contributed by atoms with E-state index in [1.165, 1.54) is 18.2 Å². The van der Waals surface area contributed by atoms with E-state index in [1.54, 1.807) is 17.7 Å². The number of hydrogen-bond acceptors (Lipinski definition) is 5. The van der Waals surface area contributed by atoms with Crippen LogP contribution in [0.15, 0.2) is 35.3 Å². The zero-order valence-electron chi connectivity index (χ0n) is 22.1. The molecule has 10 heteroatoms. The molecule has 0 unspecified atom stereocenters. The number of alkyl halides is 2. The number of hydrogen-bond donors (Lipinski definition) is 2. The van der Waals surface area contributed by atoms with Crippen LogP contribution in [0.25, 0.3) is 0 Å². The van der Waals surface area contributed by atoms with Gasteiger partial charge in [-0.15, -0.1) is 0 Å². The fraction of sp³-hybridized carbons (Fsp3) is 0.571. The minimum Gasteiger partial charge on any atom is -0.381 e. The summed E-state index contributed by atoms with van der Waals surface area (Å²) in [5.74, 6) is -0.623. The molecular formula is C28H35F3N4O3. The molecule has 7 nitrogen and oxygen atoms in total. The number of pyridine rings is 1. The molecule has 1 aromatic carbocycles. The highest BCUT2D eigenvalue weighted by atomic mass is 19.3. The highest BCUT2D eigenvalue weighted by Gasteiger charge is 2.55. The minimum atomic E-state index is -2.96. The first-order valence-electron chi connectivity index (χ1n) is 13.2. The van der Waals surface area contributed by atoms with Crippen molar-refractivity contribution in [3.63, 3.8) is 0 Å². The number of carbonyl (C=O) groups is 1. The molecule has 0 spiro atoms. The van der Waals surface area contributed by atoms with Gasteiger partial charge < -0.3 is 24.8 Å². The van der Waals surface area contributed by atoms with Gasteiger partial charge in [-0.05, 0) is 52.5 Å². The van der Waals surface area contributed by atoms with E-state index in [4.69, 9.17) is 4.74 Å². The third-order valence-corrected chi connectivity index (χ3v) is 8.20. The fourth-order valence-corrected chi connectivity index (χ4v) is 6.13. The number of halogens is 3. The van der Waals surface area contributed by atoms with E-state index in [0.717, 1.165) is 19.2 Å². The molecular weight excluding hydrogens is 497 g/mol. The van der Waals surface area contributed by atoms with Crippen LogP contribution in [0.3, 0.4) is 0 Å². The fourth-order valence-electron chi connectivity index (χ4n) is 6.13. The zero-order valence-corrected chi connectivity index (χ0v) is 22.1. The second-order valence-corrected chi connectivity index (χ2v) is 11.6. The van der Waals surface area contributed by atoms with Crippen molar-refractivity contribution in [2.75, 3.05) is 32.1 Å². The summed E-state index contributed by atoms with van der Waals surface area (Å²) in [5.41, 5.74) is -0.633. The molecule has 5 rings (SSSR count). The summed E-state index contributed by atoms with van der Waals surface area (Å²) in [4.78, 5) is 29.1. The highest BCUT2D eigenvalue weighted by molar-refractivity contribution is 5.99. The number of likely N-dealkylation sites (tertiary alicyclic amines) is 1. The lowest BCUT2D eigenvalue weighted by Gasteiger charge is -2.36. The molecule has 0 radical (unpaired) electrons. The van der Waals surface area contributed by atoms with E-state index in [0.29, 0.717) is 37.0 Å². The summed E-state index contributed by atoms with van der Waals surface area (Å²) in [6.07, 6.45) is -0.132. The first-order chi connectivity index (χ1) is 17.9. The van der Waals surface area contributed by atoms with Gasteiger partial charge in [-0.3, -0.25) is 9.59 Å². The summed E-state index contributed by atoms with van der Waals surface area (Å²) in [6.45, 7) is 7.91. The van der Waals surface area contributed by atoms with Gasteiger partial charge in [0, 0.05) is 49.6 Å². The van der Waals surface area contributed by atoms with Gasteiger partial charge in [0.25, 0.3) is 17.9 Å². The van der Waals surface area contributed by atoms with E-state index in [9.17, 15) is 22.8 Å². The molecule has 3 fully saturated rings. The Balaban J connectivity index is 1.44. The Morgan fingerprint density at radius 3 is 2.53 bits per heavy atom. The quantitative estimate of drug-likeness (QED) is 0.549. The van der Waals surface area contributed by atoms with Gasteiger partial charge in [-0.25, -0.2) is 13.2 Å². The van der Waals surface area contributed by atoms with Gasteiger partial charge in [-0.1, -0.05) is 18.2 Å². The third-order valence-electron chi connectivity index (χ3n) is 8.20. The number of anilines is 1. The highest BCUT2D eigenvalue weighted by Crippen LogP contribution is 2.47. The average Bonchev–Trinajstić information content (AvgIpc) is 3.27. The van der Waals surface area contributed by atoms with E-state index in [-0.39, 0.29) is 28.8 Å². The Kier molecular flexibility index (Phi) is 7.06. The van der Waals surface area contributed by atoms with Crippen LogP contribution < -0.4 is 16.2 Å². The summed E-state index contributed by atoms with van der Waals surface area (Å²) in [5, 5.41) is 6.19. The minimum absolute atomic E-state index is 0.0232. The van der Waals surface area contributed by atoms with Gasteiger partial charge in [-0.2, -0.15) is 0 Å². The Bertz CT molecular complexity index is 1270. The molecule has 1 aliphatic carbocycles. The second kappa shape index (κ2) is 10.0. The van der Waals surface area contributed by atoms with Crippen LogP contribution in [0.5, 0.6) is 0 Å². The molecule has 3 aliphatic rings. The number of nitrogens with zero attached hydrogens (tertiary/aromatic N) is 2. The van der Waals surface area contributed by atoms with E-state index in [2.05, 4.69) is 22.6 Å². The number of benzene rings is 1. The molecule has 0 bridgehead atoms. The van der Waals surface area contributed by atoms with E-state index >= 15 is 0 Å². The number of piperidine rings is 1. The van der Waals surface area contributed by atoms with Crippen molar-refractivity contribution < 1.29 is 22.7 Å². The maximum Gasteiger partial charge on any atom is 0.266 e. The van der Waals surface area contributed by atoms with E-state index in [1.807, 2.05) is 13.8 Å². The number of nitrogens with one attached hydrogen (secondary N) is 2. The molecule has 206 valence electrons. The number of amides is 1. The van der Waals surface area contributed by atoms with Crippen LogP contribution in [0.1, 0.15) is 73.6 Å². The lowest BCUT2D eigenvalue weighted by atomic mass is 9.93. The Morgan fingerprint density at radius 1 is 1.18 bits per heavy atom. The lowest BCUT2D eigenvalue weighted by molar-refractivity contribution is -0.0695. The third kappa shape index (κ3) is 5.20. The molecule has 2 N–H and O–H groups in total. The molecule has 1 amide bonds. The standard InChI is InChI=1S/C28H35F3N4O3/c1-15(17-6-5-7-18(24(17)29)26(30)31)32-27(37)21-14-35(16-8-9-38-28(2,3)11-16)23(36)10-22(21)33-25-19-12-34(4)13-20(19)25/h5-7,10,14-16,19-20,25-26,33H,8-9,11-13H2,1-4H3,(H,32,37)/t15-,16+,19-,20+,25+/m1/s1. The van der Waals surface area contributed by atoms with Crippen molar-refractivity contribution in [1.29, 1.82) is 0 Å². The molecule has 2 aromatic rings. The number of carbonyl (C=O) groups excluding carboxylic acids is 1. The van der Waals surface area contributed by atoms with Crippen LogP contribution in [0.2, 0.25) is 0 Å².